The van der Waals surface area contributed by atoms with Gasteiger partial charge >= 0.3 is 0 Å². The lowest BCUT2D eigenvalue weighted by Gasteiger charge is -2.52. The van der Waals surface area contributed by atoms with Crippen molar-refractivity contribution in [3.8, 4) is 0 Å². The van der Waals surface area contributed by atoms with Gasteiger partial charge in [-0.3, -0.25) is 0 Å². The van der Waals surface area contributed by atoms with E-state index in [9.17, 15) is 4.39 Å². The van der Waals surface area contributed by atoms with Crippen molar-refractivity contribution in [2.45, 2.75) is 45.8 Å². The molecular weight excluding hydrogens is 317 g/mol. The molecule has 1 fully saturated rings. The van der Waals surface area contributed by atoms with Crippen molar-refractivity contribution in [3.63, 3.8) is 0 Å². The van der Waals surface area contributed by atoms with Gasteiger partial charge in [0.25, 0.3) is 0 Å². The zero-order valence-electron chi connectivity index (χ0n) is 15.6. The standard InChI is InChI=1S/C20H28FN3O/c1-20(2)15(9-17-11-18(25-23-17)13-24(3)4)10-19(20)22-12-14-5-7-16(21)8-6-14/h5-8,11,15,19,22H,9-10,12-13H2,1-4H3/t15-,19+/m1/s1. The molecule has 1 N–H and O–H groups in total. The Labute approximate surface area is 149 Å². The maximum Gasteiger partial charge on any atom is 0.150 e. The minimum Gasteiger partial charge on any atom is -0.360 e. The smallest absolute Gasteiger partial charge is 0.150 e. The molecule has 0 amide bonds. The van der Waals surface area contributed by atoms with Gasteiger partial charge in [-0.25, -0.2) is 4.39 Å². The van der Waals surface area contributed by atoms with E-state index in [0.29, 0.717) is 12.0 Å². The number of nitrogens with one attached hydrogen (secondary N) is 1. The molecule has 1 heterocycles. The van der Waals surface area contributed by atoms with E-state index < -0.39 is 0 Å². The highest BCUT2D eigenvalue weighted by molar-refractivity contribution is 5.17. The highest BCUT2D eigenvalue weighted by Crippen LogP contribution is 2.47. The lowest BCUT2D eigenvalue weighted by atomic mass is 9.57. The summed E-state index contributed by atoms with van der Waals surface area (Å²) in [6.45, 7) is 6.18. The molecule has 25 heavy (non-hydrogen) atoms. The van der Waals surface area contributed by atoms with Crippen molar-refractivity contribution in [1.29, 1.82) is 0 Å². The fourth-order valence-electron chi connectivity index (χ4n) is 3.64. The second-order valence-corrected chi connectivity index (χ2v) is 8.04. The van der Waals surface area contributed by atoms with Crippen LogP contribution in [0.2, 0.25) is 0 Å². The summed E-state index contributed by atoms with van der Waals surface area (Å²) in [7, 11) is 4.04. The first-order valence-electron chi connectivity index (χ1n) is 8.91. The average molecular weight is 345 g/mol. The molecule has 0 saturated heterocycles. The molecule has 2 atom stereocenters. The van der Waals surface area contributed by atoms with E-state index in [0.717, 1.165) is 42.9 Å². The lowest BCUT2D eigenvalue weighted by molar-refractivity contribution is 0.0125. The number of aromatic nitrogens is 1. The highest BCUT2D eigenvalue weighted by Gasteiger charge is 2.47. The Morgan fingerprint density at radius 1 is 1.28 bits per heavy atom. The fourth-order valence-corrected chi connectivity index (χ4v) is 3.64. The number of hydrogen-bond donors (Lipinski definition) is 1. The molecule has 1 saturated carbocycles. The maximum absolute atomic E-state index is 13.0. The summed E-state index contributed by atoms with van der Waals surface area (Å²) in [4.78, 5) is 2.08. The van der Waals surface area contributed by atoms with E-state index >= 15 is 0 Å². The van der Waals surface area contributed by atoms with Gasteiger partial charge in [0.1, 0.15) is 5.82 Å². The van der Waals surface area contributed by atoms with E-state index in [4.69, 9.17) is 4.52 Å². The monoisotopic (exact) mass is 345 g/mol. The summed E-state index contributed by atoms with van der Waals surface area (Å²) in [6, 6.07) is 9.26. The zero-order chi connectivity index (χ0) is 18.0. The maximum atomic E-state index is 13.0. The minimum atomic E-state index is -0.186. The van der Waals surface area contributed by atoms with E-state index in [1.807, 2.05) is 26.2 Å². The van der Waals surface area contributed by atoms with Gasteiger partial charge in [0.2, 0.25) is 0 Å². The van der Waals surface area contributed by atoms with Crippen molar-refractivity contribution in [2.75, 3.05) is 14.1 Å². The van der Waals surface area contributed by atoms with Gasteiger partial charge in [0.05, 0.1) is 12.2 Å². The summed E-state index contributed by atoms with van der Waals surface area (Å²) >= 11 is 0. The van der Waals surface area contributed by atoms with Gasteiger partial charge in [0.15, 0.2) is 5.76 Å². The van der Waals surface area contributed by atoms with Crippen LogP contribution >= 0.6 is 0 Å². The third-order valence-corrected chi connectivity index (χ3v) is 5.47. The Morgan fingerprint density at radius 2 is 2.00 bits per heavy atom. The first-order chi connectivity index (χ1) is 11.8. The van der Waals surface area contributed by atoms with Crippen molar-refractivity contribution >= 4 is 0 Å². The van der Waals surface area contributed by atoms with Gasteiger partial charge in [-0.2, -0.15) is 0 Å². The van der Waals surface area contributed by atoms with Gasteiger partial charge in [0, 0.05) is 18.7 Å². The van der Waals surface area contributed by atoms with Crippen LogP contribution in [0.5, 0.6) is 0 Å². The number of benzene rings is 1. The van der Waals surface area contributed by atoms with Crippen LogP contribution in [-0.4, -0.2) is 30.2 Å². The number of halogens is 1. The van der Waals surface area contributed by atoms with E-state index in [1.54, 1.807) is 0 Å². The molecule has 4 nitrogen and oxygen atoms in total. The Balaban J connectivity index is 1.51. The summed E-state index contributed by atoms with van der Waals surface area (Å²) in [5.74, 6) is 1.33. The Morgan fingerprint density at radius 3 is 2.64 bits per heavy atom. The first kappa shape index (κ1) is 18.1. The van der Waals surface area contributed by atoms with Gasteiger partial charge in [-0.1, -0.05) is 31.1 Å². The lowest BCUT2D eigenvalue weighted by Crippen LogP contribution is -2.57. The topological polar surface area (TPSA) is 41.3 Å². The molecule has 0 radical (unpaired) electrons. The molecule has 2 aromatic rings. The molecule has 0 spiro atoms. The molecule has 3 rings (SSSR count). The number of nitrogens with zero attached hydrogens (tertiary/aromatic N) is 2. The molecule has 136 valence electrons. The van der Waals surface area contributed by atoms with Crippen LogP contribution in [0.15, 0.2) is 34.9 Å². The summed E-state index contributed by atoms with van der Waals surface area (Å²) in [5.41, 5.74) is 2.37. The molecule has 1 aromatic heterocycles. The molecule has 0 aliphatic heterocycles. The third kappa shape index (κ3) is 4.28. The van der Waals surface area contributed by atoms with Gasteiger partial charge in [-0.15, -0.1) is 0 Å². The van der Waals surface area contributed by atoms with Crippen LogP contribution in [0.4, 0.5) is 4.39 Å². The van der Waals surface area contributed by atoms with E-state index in [2.05, 4.69) is 35.3 Å². The van der Waals surface area contributed by atoms with Crippen LogP contribution in [-0.2, 0) is 19.5 Å². The van der Waals surface area contributed by atoms with Crippen LogP contribution in [0.1, 0.15) is 37.3 Å². The van der Waals surface area contributed by atoms with Crippen molar-refractivity contribution in [3.05, 3.63) is 53.2 Å². The predicted molar refractivity (Wildman–Crippen MR) is 96.5 cm³/mol. The largest absolute Gasteiger partial charge is 0.360 e. The fraction of sp³-hybridized carbons (Fsp3) is 0.550. The summed E-state index contributed by atoms with van der Waals surface area (Å²) in [6.07, 6.45) is 2.09. The number of hydrogen-bond acceptors (Lipinski definition) is 4. The number of rotatable bonds is 7. The molecule has 1 aliphatic carbocycles. The molecule has 1 aliphatic rings. The van der Waals surface area contributed by atoms with Gasteiger partial charge < -0.3 is 14.7 Å². The van der Waals surface area contributed by atoms with Crippen LogP contribution < -0.4 is 5.32 Å². The predicted octanol–water partition coefficient (Wildman–Crippen LogP) is 3.62. The SMILES string of the molecule is CN(C)Cc1cc(C[C@@H]2C[C@H](NCc3ccc(F)cc3)C2(C)C)no1. The summed E-state index contributed by atoms with van der Waals surface area (Å²) in [5, 5.41) is 7.85. The van der Waals surface area contributed by atoms with Crippen LogP contribution in [0.3, 0.4) is 0 Å². The second kappa shape index (κ2) is 7.26. The molecule has 0 bridgehead atoms. The average Bonchev–Trinajstić information content (AvgIpc) is 2.98. The van der Waals surface area contributed by atoms with Gasteiger partial charge in [-0.05, 0) is 56.0 Å². The van der Waals surface area contributed by atoms with Crippen LogP contribution in [0, 0.1) is 17.2 Å². The van der Waals surface area contributed by atoms with E-state index in [-0.39, 0.29) is 11.2 Å². The normalized spacial score (nSPS) is 22.2. The third-order valence-electron chi connectivity index (χ3n) is 5.47. The summed E-state index contributed by atoms with van der Waals surface area (Å²) < 4.78 is 18.4. The molecule has 5 heteroatoms. The molecule has 1 aromatic carbocycles. The molecular formula is C20H28FN3O. The highest BCUT2D eigenvalue weighted by atomic mass is 19.1. The second-order valence-electron chi connectivity index (χ2n) is 8.04. The van der Waals surface area contributed by atoms with Crippen molar-refractivity contribution < 1.29 is 8.91 Å². The quantitative estimate of drug-likeness (QED) is 0.832. The Hall–Kier alpha value is -1.72. The minimum absolute atomic E-state index is 0.186. The van der Waals surface area contributed by atoms with E-state index in [1.165, 1.54) is 12.1 Å². The van der Waals surface area contributed by atoms with Crippen molar-refractivity contribution in [2.24, 2.45) is 11.3 Å². The first-order valence-corrected chi connectivity index (χ1v) is 8.91. The van der Waals surface area contributed by atoms with Crippen LogP contribution in [0.25, 0.3) is 0 Å². The zero-order valence-corrected chi connectivity index (χ0v) is 15.6. The Bertz CT molecular complexity index is 693. The van der Waals surface area contributed by atoms with Crippen molar-refractivity contribution in [1.82, 2.24) is 15.4 Å². The Kier molecular flexibility index (Phi) is 5.25. The molecule has 0 unspecified atom stereocenters.